The average molecular weight is 562 g/mol. The van der Waals surface area contributed by atoms with E-state index in [4.69, 9.17) is 9.47 Å². The van der Waals surface area contributed by atoms with Crippen LogP contribution in [0.5, 0.6) is 5.75 Å². The van der Waals surface area contributed by atoms with E-state index >= 15 is 0 Å². The Labute approximate surface area is 238 Å². The van der Waals surface area contributed by atoms with E-state index in [1.54, 1.807) is 25.1 Å². The summed E-state index contributed by atoms with van der Waals surface area (Å²) in [5.41, 5.74) is 2.81. The molecule has 1 aliphatic rings. The summed E-state index contributed by atoms with van der Waals surface area (Å²) in [7, 11) is 10.2. The summed E-state index contributed by atoms with van der Waals surface area (Å²) < 4.78 is 12.3. The molecule has 0 aliphatic carbocycles. The van der Waals surface area contributed by atoms with Crippen LogP contribution in [0.1, 0.15) is 23.2 Å². The summed E-state index contributed by atoms with van der Waals surface area (Å²) in [4.78, 5) is 36.6. The van der Waals surface area contributed by atoms with Crippen molar-refractivity contribution >= 4 is 39.9 Å². The van der Waals surface area contributed by atoms with Crippen LogP contribution in [0.4, 0.5) is 23.0 Å². The number of fused-ring (bicyclic) bond motifs is 1. The Morgan fingerprint density at radius 1 is 1.12 bits per heavy atom. The van der Waals surface area contributed by atoms with E-state index in [0.29, 0.717) is 22.8 Å². The number of hydrogen-bond donors (Lipinski definition) is 1. The van der Waals surface area contributed by atoms with Crippen molar-refractivity contribution < 1.29 is 19.2 Å². The molecule has 1 N–H and O–H groups in total. The minimum atomic E-state index is -0.581. The SMILES string of the molecule is CN1CCCC1.COC(=O)c1cnc(Nc2cc([N+](=O)[O-])c(N(C)C)cc2OC)nc1-c1cn(C)c2ccccc12. The van der Waals surface area contributed by atoms with Crippen LogP contribution in [0.15, 0.2) is 48.8 Å². The van der Waals surface area contributed by atoms with Crippen LogP contribution in [0.25, 0.3) is 22.2 Å². The van der Waals surface area contributed by atoms with Crippen LogP contribution in [-0.2, 0) is 11.8 Å². The molecule has 0 unspecified atom stereocenters. The first-order valence-corrected chi connectivity index (χ1v) is 13.1. The highest BCUT2D eigenvalue weighted by Crippen LogP contribution is 2.39. The minimum absolute atomic E-state index is 0.112. The number of anilines is 3. The number of methoxy groups -OCH3 is 2. The lowest BCUT2D eigenvalue weighted by Crippen LogP contribution is -2.12. The van der Waals surface area contributed by atoms with Crippen molar-refractivity contribution in [3.8, 4) is 17.0 Å². The molecule has 41 heavy (non-hydrogen) atoms. The highest BCUT2D eigenvalue weighted by molar-refractivity contribution is 6.02. The van der Waals surface area contributed by atoms with Gasteiger partial charge in [0.1, 0.15) is 17.0 Å². The van der Waals surface area contributed by atoms with E-state index in [0.717, 1.165) is 16.5 Å². The van der Waals surface area contributed by atoms with Crippen LogP contribution in [0, 0.1) is 10.1 Å². The maximum absolute atomic E-state index is 12.5. The third-order valence-electron chi connectivity index (χ3n) is 6.90. The van der Waals surface area contributed by atoms with Crippen LogP contribution in [-0.4, -0.2) is 78.8 Å². The van der Waals surface area contributed by atoms with Gasteiger partial charge in [0.2, 0.25) is 5.95 Å². The first-order valence-electron chi connectivity index (χ1n) is 13.1. The lowest BCUT2D eigenvalue weighted by molar-refractivity contribution is -0.384. The van der Waals surface area contributed by atoms with Gasteiger partial charge in [-0.15, -0.1) is 0 Å². The quantitative estimate of drug-likeness (QED) is 0.190. The van der Waals surface area contributed by atoms with Gasteiger partial charge in [-0.3, -0.25) is 10.1 Å². The van der Waals surface area contributed by atoms with Crippen molar-refractivity contribution in [3.63, 3.8) is 0 Å². The zero-order chi connectivity index (χ0) is 29.7. The van der Waals surface area contributed by atoms with Gasteiger partial charge < -0.3 is 29.2 Å². The molecule has 1 aliphatic heterocycles. The predicted molar refractivity (Wildman–Crippen MR) is 159 cm³/mol. The van der Waals surface area contributed by atoms with Gasteiger partial charge in [0.05, 0.1) is 30.5 Å². The zero-order valence-electron chi connectivity index (χ0n) is 24.2. The van der Waals surface area contributed by atoms with Gasteiger partial charge in [-0.25, -0.2) is 14.8 Å². The van der Waals surface area contributed by atoms with Crippen LogP contribution in [0.2, 0.25) is 0 Å². The molecule has 5 rings (SSSR count). The lowest BCUT2D eigenvalue weighted by Gasteiger charge is -2.17. The first-order chi connectivity index (χ1) is 19.6. The Kier molecular flexibility index (Phi) is 9.03. The Balaban J connectivity index is 0.000000572. The minimum Gasteiger partial charge on any atom is -0.494 e. The molecule has 2 aromatic heterocycles. The number of nitro benzene ring substituents is 1. The molecule has 12 nitrogen and oxygen atoms in total. The number of nitrogens with one attached hydrogen (secondary N) is 1. The zero-order valence-corrected chi connectivity index (χ0v) is 24.2. The van der Waals surface area contributed by atoms with E-state index in [9.17, 15) is 14.9 Å². The third kappa shape index (κ3) is 6.38. The van der Waals surface area contributed by atoms with Crippen LogP contribution < -0.4 is 15.0 Å². The molecule has 0 atom stereocenters. The number of benzene rings is 2. The van der Waals surface area contributed by atoms with Crippen LogP contribution >= 0.6 is 0 Å². The number of nitro groups is 1. The van der Waals surface area contributed by atoms with Gasteiger partial charge in [0.25, 0.3) is 5.69 Å². The largest absolute Gasteiger partial charge is 0.494 e. The maximum Gasteiger partial charge on any atom is 0.341 e. The van der Waals surface area contributed by atoms with Gasteiger partial charge in [0.15, 0.2) is 0 Å². The van der Waals surface area contributed by atoms with Gasteiger partial charge >= 0.3 is 5.97 Å². The number of nitrogens with zero attached hydrogens (tertiary/aromatic N) is 6. The normalized spacial score (nSPS) is 12.9. The number of para-hydroxylation sites is 1. The summed E-state index contributed by atoms with van der Waals surface area (Å²) in [6.07, 6.45) is 6.07. The van der Waals surface area contributed by atoms with E-state index < -0.39 is 10.9 Å². The number of rotatable bonds is 7. The molecule has 4 aromatic rings. The summed E-state index contributed by atoms with van der Waals surface area (Å²) in [6, 6.07) is 10.7. The molecular weight excluding hydrogens is 526 g/mol. The third-order valence-corrected chi connectivity index (χ3v) is 6.90. The maximum atomic E-state index is 12.5. The number of carbonyl (C=O) groups is 1. The number of hydrogen-bond acceptors (Lipinski definition) is 10. The first kappa shape index (κ1) is 29.3. The fourth-order valence-corrected chi connectivity index (χ4v) is 4.76. The second-order valence-corrected chi connectivity index (χ2v) is 9.95. The smallest absolute Gasteiger partial charge is 0.341 e. The molecule has 0 radical (unpaired) electrons. The molecule has 1 fully saturated rings. The van der Waals surface area contributed by atoms with Crippen molar-refractivity contribution in [1.29, 1.82) is 0 Å². The molecule has 2 aromatic carbocycles. The van der Waals surface area contributed by atoms with E-state index in [1.807, 2.05) is 42.1 Å². The lowest BCUT2D eigenvalue weighted by atomic mass is 10.1. The molecule has 3 heterocycles. The van der Waals surface area contributed by atoms with Crippen molar-refractivity contribution in [2.45, 2.75) is 12.8 Å². The number of aromatic nitrogens is 3. The number of carbonyl (C=O) groups excluding carboxylic acids is 1. The van der Waals surface area contributed by atoms with E-state index in [-0.39, 0.29) is 17.2 Å². The standard InChI is InChI=1S/C24H24N6O5.C5H11N/c1-28(2)19-11-21(34-4)17(10-20(19)30(32)33)26-24-25-12-15(23(31)35-5)22(27-24)16-13-29(3)18-9-7-6-8-14(16)18;1-6-4-2-3-5-6/h6-13H,1-5H3,(H,25,26,27);2-5H2,1H3. The molecule has 1 saturated heterocycles. The van der Waals surface area contributed by atoms with Crippen LogP contribution in [0.3, 0.4) is 0 Å². The van der Waals surface area contributed by atoms with Crippen molar-refractivity contribution in [2.24, 2.45) is 7.05 Å². The average Bonchev–Trinajstić information content (AvgIpc) is 3.58. The predicted octanol–water partition coefficient (Wildman–Crippen LogP) is 4.86. The summed E-state index contributed by atoms with van der Waals surface area (Å²) in [5.74, 6) is -0.0829. The molecule has 0 amide bonds. The number of esters is 1. The topological polar surface area (TPSA) is 128 Å². The summed E-state index contributed by atoms with van der Waals surface area (Å²) >= 11 is 0. The summed E-state index contributed by atoms with van der Waals surface area (Å²) in [5, 5.41) is 15.6. The molecule has 12 heteroatoms. The van der Waals surface area contributed by atoms with Gasteiger partial charge in [-0.2, -0.15) is 0 Å². The Bertz CT molecular complexity index is 1560. The summed E-state index contributed by atoms with van der Waals surface area (Å²) in [6.45, 7) is 2.64. The molecule has 0 saturated carbocycles. The van der Waals surface area contributed by atoms with Gasteiger partial charge in [0, 0.05) is 62.1 Å². The highest BCUT2D eigenvalue weighted by Gasteiger charge is 2.23. The molecule has 0 bridgehead atoms. The number of aryl methyl sites for hydroxylation is 1. The Morgan fingerprint density at radius 3 is 2.41 bits per heavy atom. The van der Waals surface area contributed by atoms with Crippen molar-refractivity contribution in [3.05, 3.63) is 64.5 Å². The number of likely N-dealkylation sites (tertiary alicyclic amines) is 1. The highest BCUT2D eigenvalue weighted by atomic mass is 16.6. The second kappa shape index (κ2) is 12.6. The molecule has 216 valence electrons. The van der Waals surface area contributed by atoms with Gasteiger partial charge in [-0.05, 0) is 39.0 Å². The fraction of sp³-hybridized carbons (Fsp3) is 0.345. The van der Waals surface area contributed by atoms with Gasteiger partial charge in [-0.1, -0.05) is 18.2 Å². The molecule has 0 spiro atoms. The second-order valence-electron chi connectivity index (χ2n) is 9.95. The fourth-order valence-electron chi connectivity index (χ4n) is 4.76. The monoisotopic (exact) mass is 561 g/mol. The van der Waals surface area contributed by atoms with Crippen molar-refractivity contribution in [2.75, 3.05) is 58.7 Å². The van der Waals surface area contributed by atoms with Crippen molar-refractivity contribution in [1.82, 2.24) is 19.4 Å². The Hall–Kier alpha value is -4.71. The molecular formula is C29H35N7O5. The number of ether oxygens (including phenoxy) is 2. The van der Waals surface area contributed by atoms with E-state index in [2.05, 4.69) is 27.2 Å². The van der Waals surface area contributed by atoms with E-state index in [1.165, 1.54) is 52.4 Å². The Morgan fingerprint density at radius 2 is 1.83 bits per heavy atom.